The Morgan fingerprint density at radius 1 is 1.10 bits per heavy atom. The standard InChI is InChI=1S/C22H24N4O2S/c1-4-25-13-7-9-17(25)21-20(16-8-5-6-12-23-16)24-22(29)26(21)18-14-15(27-2)10-11-19(18)28-3/h5-14,20-21H,4H2,1-3H3,(H,24,29)/t20-,21-/m0/s1. The predicted molar refractivity (Wildman–Crippen MR) is 118 cm³/mol. The van der Waals surface area contributed by atoms with Gasteiger partial charge in [-0.25, -0.2) is 0 Å². The molecular weight excluding hydrogens is 384 g/mol. The van der Waals surface area contributed by atoms with Crippen molar-refractivity contribution in [3.05, 3.63) is 72.3 Å². The minimum Gasteiger partial charge on any atom is -0.497 e. The number of hydrogen-bond donors (Lipinski definition) is 1. The molecular formula is C22H24N4O2S. The Labute approximate surface area is 176 Å². The lowest BCUT2D eigenvalue weighted by molar-refractivity contribution is 0.402. The van der Waals surface area contributed by atoms with Gasteiger partial charge in [0, 0.05) is 30.7 Å². The number of rotatable bonds is 6. The number of pyridine rings is 1. The molecule has 0 unspecified atom stereocenters. The molecule has 29 heavy (non-hydrogen) atoms. The summed E-state index contributed by atoms with van der Waals surface area (Å²) in [6, 6.07) is 15.7. The van der Waals surface area contributed by atoms with Crippen molar-refractivity contribution in [3.8, 4) is 11.5 Å². The van der Waals surface area contributed by atoms with Crippen molar-refractivity contribution in [1.82, 2.24) is 14.9 Å². The van der Waals surface area contributed by atoms with Crippen LogP contribution in [0.3, 0.4) is 0 Å². The van der Waals surface area contributed by atoms with E-state index in [0.29, 0.717) is 5.11 Å². The normalized spacial score (nSPS) is 18.6. The molecule has 1 aromatic carbocycles. The Hall–Kier alpha value is -3.06. The third-order valence-corrected chi connectivity index (χ3v) is 5.57. The number of aromatic nitrogens is 2. The topological polar surface area (TPSA) is 51.6 Å². The quantitative estimate of drug-likeness (QED) is 0.620. The number of anilines is 1. The molecule has 4 rings (SSSR count). The van der Waals surface area contributed by atoms with Crippen molar-refractivity contribution in [1.29, 1.82) is 0 Å². The number of thiocarbonyl (C=S) groups is 1. The van der Waals surface area contributed by atoms with Crippen molar-refractivity contribution in [2.24, 2.45) is 0 Å². The van der Waals surface area contributed by atoms with E-state index in [0.717, 1.165) is 35.1 Å². The maximum Gasteiger partial charge on any atom is 0.174 e. The Bertz CT molecular complexity index is 1010. The van der Waals surface area contributed by atoms with Crippen LogP contribution in [0.2, 0.25) is 0 Å². The molecule has 1 fully saturated rings. The highest BCUT2D eigenvalue weighted by Crippen LogP contribution is 2.45. The van der Waals surface area contributed by atoms with E-state index in [-0.39, 0.29) is 12.1 Å². The number of aryl methyl sites for hydroxylation is 1. The molecule has 1 aliphatic heterocycles. The van der Waals surface area contributed by atoms with Crippen LogP contribution in [0.25, 0.3) is 0 Å². The van der Waals surface area contributed by atoms with E-state index < -0.39 is 0 Å². The van der Waals surface area contributed by atoms with Gasteiger partial charge in [0.15, 0.2) is 5.11 Å². The Morgan fingerprint density at radius 2 is 1.97 bits per heavy atom. The van der Waals surface area contributed by atoms with E-state index in [1.165, 1.54) is 0 Å². The number of methoxy groups -OCH3 is 2. The van der Waals surface area contributed by atoms with Crippen LogP contribution in [-0.4, -0.2) is 28.9 Å². The van der Waals surface area contributed by atoms with Crippen molar-refractivity contribution < 1.29 is 9.47 Å². The SMILES string of the molecule is CCn1cccc1[C@H]1[C@H](c2ccccn2)NC(=S)N1c1cc(OC)ccc1OC. The summed E-state index contributed by atoms with van der Waals surface area (Å²) in [6.07, 6.45) is 3.90. The van der Waals surface area contributed by atoms with Crippen LogP contribution in [-0.2, 0) is 6.54 Å². The van der Waals surface area contributed by atoms with Crippen LogP contribution in [0.5, 0.6) is 11.5 Å². The van der Waals surface area contributed by atoms with Gasteiger partial charge >= 0.3 is 0 Å². The van der Waals surface area contributed by atoms with E-state index in [4.69, 9.17) is 21.7 Å². The maximum atomic E-state index is 5.80. The van der Waals surface area contributed by atoms with Crippen molar-refractivity contribution in [2.45, 2.75) is 25.6 Å². The van der Waals surface area contributed by atoms with Crippen LogP contribution in [0.15, 0.2) is 60.9 Å². The van der Waals surface area contributed by atoms with Crippen LogP contribution in [0.4, 0.5) is 5.69 Å². The van der Waals surface area contributed by atoms with Crippen molar-refractivity contribution in [3.63, 3.8) is 0 Å². The monoisotopic (exact) mass is 408 g/mol. The smallest absolute Gasteiger partial charge is 0.174 e. The molecule has 0 amide bonds. The number of nitrogens with zero attached hydrogens (tertiary/aromatic N) is 3. The molecule has 150 valence electrons. The minimum absolute atomic E-state index is 0.0895. The van der Waals surface area contributed by atoms with Gasteiger partial charge in [-0.3, -0.25) is 4.98 Å². The molecule has 0 bridgehead atoms. The average Bonchev–Trinajstić information content (AvgIpc) is 3.37. The summed E-state index contributed by atoms with van der Waals surface area (Å²) in [7, 11) is 3.32. The van der Waals surface area contributed by atoms with E-state index in [1.807, 2.05) is 42.6 Å². The number of nitrogens with one attached hydrogen (secondary N) is 1. The zero-order chi connectivity index (χ0) is 20.4. The molecule has 2 atom stereocenters. The van der Waals surface area contributed by atoms with E-state index >= 15 is 0 Å². The lowest BCUT2D eigenvalue weighted by atomic mass is 10.0. The Kier molecular flexibility index (Phi) is 5.40. The van der Waals surface area contributed by atoms with Gasteiger partial charge in [0.25, 0.3) is 0 Å². The molecule has 1 N–H and O–H groups in total. The third-order valence-electron chi connectivity index (χ3n) is 5.25. The fourth-order valence-corrected chi connectivity index (χ4v) is 4.22. The van der Waals surface area contributed by atoms with Crippen LogP contribution in [0, 0.1) is 0 Å². The second kappa shape index (κ2) is 8.13. The van der Waals surface area contributed by atoms with Crippen LogP contribution < -0.4 is 19.7 Å². The summed E-state index contributed by atoms with van der Waals surface area (Å²) in [5.41, 5.74) is 2.95. The van der Waals surface area contributed by atoms with Gasteiger partial charge in [-0.1, -0.05) is 6.07 Å². The van der Waals surface area contributed by atoms with Gasteiger partial charge in [-0.05, 0) is 55.5 Å². The Balaban J connectivity index is 1.89. The zero-order valence-electron chi connectivity index (χ0n) is 16.7. The Morgan fingerprint density at radius 3 is 2.66 bits per heavy atom. The first-order valence-electron chi connectivity index (χ1n) is 9.55. The molecule has 0 spiro atoms. The fraction of sp³-hybridized carbons (Fsp3) is 0.273. The van der Waals surface area contributed by atoms with Gasteiger partial charge in [-0.15, -0.1) is 0 Å². The highest BCUT2D eigenvalue weighted by Gasteiger charge is 2.43. The zero-order valence-corrected chi connectivity index (χ0v) is 17.5. The summed E-state index contributed by atoms with van der Waals surface area (Å²) in [6.45, 7) is 3.00. The molecule has 1 aliphatic rings. The highest BCUT2D eigenvalue weighted by molar-refractivity contribution is 7.80. The summed E-state index contributed by atoms with van der Waals surface area (Å²) in [5.74, 6) is 1.48. The summed E-state index contributed by atoms with van der Waals surface area (Å²) >= 11 is 5.80. The molecule has 1 saturated heterocycles. The molecule has 0 saturated carbocycles. The predicted octanol–water partition coefficient (Wildman–Crippen LogP) is 4.10. The van der Waals surface area contributed by atoms with E-state index in [9.17, 15) is 0 Å². The molecule has 3 heterocycles. The van der Waals surface area contributed by atoms with Crippen LogP contribution >= 0.6 is 12.2 Å². The van der Waals surface area contributed by atoms with Crippen LogP contribution in [0.1, 0.15) is 30.4 Å². The van der Waals surface area contributed by atoms with Gasteiger partial charge < -0.3 is 24.3 Å². The number of ether oxygens (including phenoxy) is 2. The number of benzene rings is 1. The van der Waals surface area contributed by atoms with Gasteiger partial charge in [-0.2, -0.15) is 0 Å². The minimum atomic E-state index is -0.0974. The lowest BCUT2D eigenvalue weighted by Crippen LogP contribution is -2.30. The molecule has 7 heteroatoms. The first-order chi connectivity index (χ1) is 14.2. The summed E-state index contributed by atoms with van der Waals surface area (Å²) in [4.78, 5) is 6.71. The maximum absolute atomic E-state index is 5.80. The van der Waals surface area contributed by atoms with Crippen molar-refractivity contribution in [2.75, 3.05) is 19.1 Å². The first-order valence-corrected chi connectivity index (χ1v) is 9.96. The largest absolute Gasteiger partial charge is 0.497 e. The molecule has 2 aromatic heterocycles. The molecule has 0 aliphatic carbocycles. The second-order valence-corrected chi connectivity index (χ2v) is 7.14. The molecule has 0 radical (unpaired) electrons. The molecule has 6 nitrogen and oxygen atoms in total. The van der Waals surface area contributed by atoms with E-state index in [1.54, 1.807) is 14.2 Å². The van der Waals surface area contributed by atoms with E-state index in [2.05, 4.69) is 45.0 Å². The first kappa shape index (κ1) is 19.3. The van der Waals surface area contributed by atoms with Gasteiger partial charge in [0.05, 0.1) is 31.6 Å². The highest BCUT2D eigenvalue weighted by atomic mass is 32.1. The summed E-state index contributed by atoms with van der Waals surface area (Å²) < 4.78 is 13.4. The number of hydrogen-bond acceptors (Lipinski definition) is 4. The second-order valence-electron chi connectivity index (χ2n) is 6.75. The third kappa shape index (κ3) is 3.42. The van der Waals surface area contributed by atoms with Gasteiger partial charge in [0.2, 0.25) is 0 Å². The van der Waals surface area contributed by atoms with Gasteiger partial charge in [0.1, 0.15) is 17.5 Å². The summed E-state index contributed by atoms with van der Waals surface area (Å²) in [5, 5.41) is 4.11. The fourth-order valence-electron chi connectivity index (χ4n) is 3.88. The van der Waals surface area contributed by atoms with Crippen molar-refractivity contribution >= 4 is 23.0 Å². The molecule has 3 aromatic rings. The average molecular weight is 409 g/mol. The lowest BCUT2D eigenvalue weighted by Gasteiger charge is -2.30.